The quantitative estimate of drug-likeness (QED) is 0.769. The molecule has 0 saturated carbocycles. The zero-order valence-corrected chi connectivity index (χ0v) is 13.4. The molecule has 1 aromatic heterocycles. The minimum Gasteiger partial charge on any atom is -0.349 e. The minimum absolute atomic E-state index is 0.644. The van der Waals surface area contributed by atoms with Gasteiger partial charge in [0.05, 0.1) is 0 Å². The zero-order valence-electron chi connectivity index (χ0n) is 11.8. The van der Waals surface area contributed by atoms with Crippen molar-refractivity contribution in [1.82, 2.24) is 4.57 Å². The van der Waals surface area contributed by atoms with Crippen molar-refractivity contribution in [3.8, 4) is 0 Å². The normalized spacial score (nSPS) is 11.2. The van der Waals surface area contributed by atoms with E-state index in [2.05, 4.69) is 48.1 Å². The van der Waals surface area contributed by atoms with Crippen LogP contribution in [0, 0.1) is 0 Å². The van der Waals surface area contributed by atoms with Crippen LogP contribution in [0.3, 0.4) is 0 Å². The lowest BCUT2D eigenvalue weighted by Gasteiger charge is -2.08. The molecule has 0 unspecified atom stereocenters. The maximum atomic E-state index is 6.16. The van der Waals surface area contributed by atoms with Crippen LogP contribution < -0.4 is 5.73 Å². The van der Waals surface area contributed by atoms with Crippen molar-refractivity contribution in [1.29, 1.82) is 0 Å². The van der Waals surface area contributed by atoms with E-state index in [0.717, 1.165) is 11.4 Å². The SMILES string of the molecule is Cn1cc(Sc2cc(Cl)ccc2CCN)c2ccccc21. The molecular weight excluding hydrogens is 300 g/mol. The first kappa shape index (κ1) is 14.5. The van der Waals surface area contributed by atoms with Gasteiger partial charge in [-0.2, -0.15) is 0 Å². The third-order valence-corrected chi connectivity index (χ3v) is 4.90. The van der Waals surface area contributed by atoms with Gasteiger partial charge in [0.2, 0.25) is 0 Å². The monoisotopic (exact) mass is 316 g/mol. The summed E-state index contributed by atoms with van der Waals surface area (Å²) in [5, 5.41) is 2.03. The molecule has 0 saturated heterocycles. The van der Waals surface area contributed by atoms with Crippen molar-refractivity contribution in [3.63, 3.8) is 0 Å². The number of para-hydroxylation sites is 1. The fourth-order valence-electron chi connectivity index (χ4n) is 2.49. The van der Waals surface area contributed by atoms with E-state index >= 15 is 0 Å². The van der Waals surface area contributed by atoms with Crippen LogP contribution in [0.1, 0.15) is 5.56 Å². The Bertz CT molecular complexity index is 780. The first-order valence-electron chi connectivity index (χ1n) is 6.89. The number of rotatable bonds is 4. The molecule has 0 radical (unpaired) electrons. The van der Waals surface area contributed by atoms with Gasteiger partial charge >= 0.3 is 0 Å². The highest BCUT2D eigenvalue weighted by Gasteiger charge is 2.10. The second-order valence-electron chi connectivity index (χ2n) is 5.01. The molecule has 1 heterocycles. The van der Waals surface area contributed by atoms with Crippen LogP contribution in [0.4, 0.5) is 0 Å². The molecule has 0 atom stereocenters. The van der Waals surface area contributed by atoms with Crippen LogP contribution in [-0.2, 0) is 13.5 Å². The van der Waals surface area contributed by atoms with Gasteiger partial charge in [-0.1, -0.05) is 47.6 Å². The molecule has 3 rings (SSSR count). The van der Waals surface area contributed by atoms with Crippen LogP contribution >= 0.6 is 23.4 Å². The molecule has 0 aliphatic carbocycles. The fraction of sp³-hybridized carbons (Fsp3) is 0.176. The lowest BCUT2D eigenvalue weighted by molar-refractivity contribution is 0.943. The molecule has 2 aromatic carbocycles. The Labute approximate surface area is 133 Å². The number of aromatic nitrogens is 1. The van der Waals surface area contributed by atoms with E-state index in [4.69, 9.17) is 17.3 Å². The number of hydrogen-bond donors (Lipinski definition) is 1. The molecule has 0 fully saturated rings. The summed E-state index contributed by atoms with van der Waals surface area (Å²) in [6.07, 6.45) is 3.03. The van der Waals surface area contributed by atoms with E-state index in [1.54, 1.807) is 11.8 Å². The van der Waals surface area contributed by atoms with Crippen molar-refractivity contribution >= 4 is 34.3 Å². The lowest BCUT2D eigenvalue weighted by Crippen LogP contribution is -2.03. The highest BCUT2D eigenvalue weighted by atomic mass is 35.5. The molecule has 2 nitrogen and oxygen atoms in total. The molecule has 21 heavy (non-hydrogen) atoms. The summed E-state index contributed by atoms with van der Waals surface area (Å²) in [6.45, 7) is 0.644. The van der Waals surface area contributed by atoms with Crippen molar-refractivity contribution in [3.05, 3.63) is 59.2 Å². The van der Waals surface area contributed by atoms with Gasteiger partial charge in [0.25, 0.3) is 0 Å². The molecule has 0 amide bonds. The highest BCUT2D eigenvalue weighted by molar-refractivity contribution is 7.99. The van der Waals surface area contributed by atoms with E-state index in [1.807, 2.05) is 12.1 Å². The highest BCUT2D eigenvalue weighted by Crippen LogP contribution is 2.37. The van der Waals surface area contributed by atoms with Crippen molar-refractivity contribution in [2.75, 3.05) is 6.54 Å². The second kappa shape index (κ2) is 6.14. The first-order chi connectivity index (χ1) is 10.2. The summed E-state index contributed by atoms with van der Waals surface area (Å²) in [6, 6.07) is 14.5. The van der Waals surface area contributed by atoms with Crippen LogP contribution in [0.2, 0.25) is 5.02 Å². The Balaban J connectivity index is 2.04. The smallest absolute Gasteiger partial charge is 0.0489 e. The molecule has 0 spiro atoms. The van der Waals surface area contributed by atoms with Crippen molar-refractivity contribution in [2.24, 2.45) is 12.8 Å². The summed E-state index contributed by atoms with van der Waals surface area (Å²) in [4.78, 5) is 2.43. The maximum absolute atomic E-state index is 6.16. The van der Waals surface area contributed by atoms with E-state index in [0.29, 0.717) is 6.54 Å². The van der Waals surface area contributed by atoms with E-state index < -0.39 is 0 Å². The molecule has 108 valence electrons. The Morgan fingerprint density at radius 1 is 1.14 bits per heavy atom. The molecule has 2 N–H and O–H groups in total. The number of aryl methyl sites for hydroxylation is 1. The Morgan fingerprint density at radius 3 is 2.76 bits per heavy atom. The minimum atomic E-state index is 0.644. The van der Waals surface area contributed by atoms with Gasteiger partial charge in [-0.3, -0.25) is 0 Å². The van der Waals surface area contributed by atoms with E-state index in [1.165, 1.54) is 26.3 Å². The average Bonchev–Trinajstić information content (AvgIpc) is 2.79. The van der Waals surface area contributed by atoms with Crippen LogP contribution in [0.15, 0.2) is 58.5 Å². The molecule has 3 aromatic rings. The topological polar surface area (TPSA) is 30.9 Å². The van der Waals surface area contributed by atoms with Gasteiger partial charge in [-0.15, -0.1) is 0 Å². The molecule has 0 aliphatic heterocycles. The number of hydrogen-bond acceptors (Lipinski definition) is 2. The van der Waals surface area contributed by atoms with E-state index in [9.17, 15) is 0 Å². The standard InChI is InChI=1S/C17H17ClN2S/c1-20-11-17(14-4-2-3-5-15(14)20)21-16-10-13(18)7-6-12(16)8-9-19/h2-7,10-11H,8-9,19H2,1H3. The second-order valence-corrected chi connectivity index (χ2v) is 6.53. The number of nitrogens with zero attached hydrogens (tertiary/aromatic N) is 1. The summed E-state index contributed by atoms with van der Waals surface area (Å²) < 4.78 is 2.16. The molecule has 0 aliphatic rings. The van der Waals surface area contributed by atoms with Gasteiger partial charge in [0.15, 0.2) is 0 Å². The fourth-order valence-corrected chi connectivity index (χ4v) is 3.94. The maximum Gasteiger partial charge on any atom is 0.0489 e. The van der Waals surface area contributed by atoms with Gasteiger partial charge in [-0.25, -0.2) is 0 Å². The molecular formula is C17H17ClN2S. The zero-order chi connectivity index (χ0) is 14.8. The predicted molar refractivity (Wildman–Crippen MR) is 91.3 cm³/mol. The number of fused-ring (bicyclic) bond motifs is 1. The van der Waals surface area contributed by atoms with Crippen molar-refractivity contribution in [2.45, 2.75) is 16.2 Å². The predicted octanol–water partition coefficient (Wildman–Crippen LogP) is 4.48. The van der Waals surface area contributed by atoms with Crippen molar-refractivity contribution < 1.29 is 0 Å². The van der Waals surface area contributed by atoms with Gasteiger partial charge < -0.3 is 10.3 Å². The number of nitrogens with two attached hydrogens (primary N) is 1. The summed E-state index contributed by atoms with van der Waals surface area (Å²) >= 11 is 7.91. The van der Waals surface area contributed by atoms with Crippen LogP contribution in [0.5, 0.6) is 0 Å². The Morgan fingerprint density at radius 2 is 1.95 bits per heavy atom. The van der Waals surface area contributed by atoms with E-state index in [-0.39, 0.29) is 0 Å². The summed E-state index contributed by atoms with van der Waals surface area (Å²) in [5.41, 5.74) is 8.20. The Kier molecular flexibility index (Phi) is 4.24. The van der Waals surface area contributed by atoms with Gasteiger partial charge in [0.1, 0.15) is 0 Å². The largest absolute Gasteiger partial charge is 0.349 e. The van der Waals surface area contributed by atoms with Crippen LogP contribution in [-0.4, -0.2) is 11.1 Å². The van der Waals surface area contributed by atoms with Gasteiger partial charge in [-0.05, 0) is 36.7 Å². The third kappa shape index (κ3) is 2.95. The summed E-state index contributed by atoms with van der Waals surface area (Å²) in [7, 11) is 2.07. The third-order valence-electron chi connectivity index (χ3n) is 3.52. The molecule has 4 heteroatoms. The Hall–Kier alpha value is -1.42. The van der Waals surface area contributed by atoms with Gasteiger partial charge in [0, 0.05) is 39.0 Å². The lowest BCUT2D eigenvalue weighted by atomic mass is 10.1. The number of halogens is 1. The van der Waals surface area contributed by atoms with Crippen LogP contribution in [0.25, 0.3) is 10.9 Å². The first-order valence-corrected chi connectivity index (χ1v) is 8.09. The molecule has 0 bridgehead atoms. The number of benzene rings is 2. The average molecular weight is 317 g/mol. The summed E-state index contributed by atoms with van der Waals surface area (Å²) in [5.74, 6) is 0.